The molecule has 0 saturated heterocycles. The summed E-state index contributed by atoms with van der Waals surface area (Å²) in [4.78, 5) is 10.9. The fraction of sp³-hybridized carbons (Fsp3) is 0.562. The first-order chi connectivity index (χ1) is 8.75. The van der Waals surface area contributed by atoms with Crippen molar-refractivity contribution < 1.29 is 9.53 Å². The van der Waals surface area contributed by atoms with Crippen LogP contribution in [0.2, 0.25) is 0 Å². The Kier molecular flexibility index (Phi) is 4.98. The summed E-state index contributed by atoms with van der Waals surface area (Å²) in [7, 11) is 1.71. The van der Waals surface area contributed by atoms with Crippen molar-refractivity contribution in [3.8, 4) is 5.75 Å². The van der Waals surface area contributed by atoms with Gasteiger partial charge in [-0.15, -0.1) is 0 Å². The van der Waals surface area contributed by atoms with E-state index in [0.717, 1.165) is 12.2 Å². The number of amides is 1. The van der Waals surface area contributed by atoms with Gasteiger partial charge in [0.15, 0.2) is 0 Å². The van der Waals surface area contributed by atoms with E-state index >= 15 is 0 Å². The van der Waals surface area contributed by atoms with E-state index in [2.05, 4.69) is 45.1 Å². The van der Waals surface area contributed by atoms with Crippen LogP contribution in [0.1, 0.15) is 44.4 Å². The van der Waals surface area contributed by atoms with Gasteiger partial charge < -0.3 is 10.1 Å². The van der Waals surface area contributed by atoms with Gasteiger partial charge in [0, 0.05) is 13.5 Å². The first-order valence-electron chi connectivity index (χ1n) is 6.68. The second-order valence-corrected chi connectivity index (χ2v) is 5.96. The molecule has 0 heterocycles. The summed E-state index contributed by atoms with van der Waals surface area (Å²) < 4.78 is 5.48. The number of rotatable bonds is 4. The molecule has 0 bridgehead atoms. The maximum absolute atomic E-state index is 10.9. The lowest BCUT2D eigenvalue weighted by Crippen LogP contribution is -2.23. The van der Waals surface area contributed by atoms with Crippen molar-refractivity contribution in [2.24, 2.45) is 0 Å². The van der Waals surface area contributed by atoms with Crippen molar-refractivity contribution in [3.63, 3.8) is 0 Å². The van der Waals surface area contributed by atoms with Gasteiger partial charge in [-0.05, 0) is 41.5 Å². The zero-order valence-electron chi connectivity index (χ0n) is 12.9. The zero-order valence-corrected chi connectivity index (χ0v) is 12.9. The number of carbonyl (C=O) groups excluding carboxylic acids is 1. The third-order valence-electron chi connectivity index (χ3n) is 3.23. The lowest BCUT2D eigenvalue weighted by molar-refractivity contribution is -0.118. The fourth-order valence-corrected chi connectivity index (χ4v) is 2.12. The lowest BCUT2D eigenvalue weighted by Gasteiger charge is -2.24. The number of methoxy groups -OCH3 is 1. The molecule has 0 fully saturated rings. The van der Waals surface area contributed by atoms with Crippen molar-refractivity contribution >= 4 is 5.91 Å². The molecule has 0 aliphatic carbocycles. The Bertz CT molecular complexity index is 459. The lowest BCUT2D eigenvalue weighted by atomic mass is 9.84. The van der Waals surface area contributed by atoms with Crippen LogP contribution in [-0.4, -0.2) is 19.6 Å². The van der Waals surface area contributed by atoms with Gasteiger partial charge in [0.05, 0.1) is 7.11 Å². The first-order valence-corrected chi connectivity index (χ1v) is 6.68. The smallest absolute Gasteiger partial charge is 0.216 e. The van der Waals surface area contributed by atoms with Crippen molar-refractivity contribution in [2.45, 2.75) is 46.5 Å². The minimum atomic E-state index is 0.0159. The number of nitrogens with one attached hydrogen (secondary N) is 1. The van der Waals surface area contributed by atoms with Gasteiger partial charge in [-0.1, -0.05) is 26.8 Å². The van der Waals surface area contributed by atoms with Crippen LogP contribution in [0.5, 0.6) is 5.75 Å². The molecule has 1 N–H and O–H groups in total. The maximum atomic E-state index is 10.9. The average molecular weight is 263 g/mol. The molecule has 0 radical (unpaired) electrons. The van der Waals surface area contributed by atoms with Gasteiger partial charge in [0.1, 0.15) is 5.75 Å². The number of benzene rings is 1. The molecule has 0 saturated carbocycles. The van der Waals surface area contributed by atoms with E-state index in [-0.39, 0.29) is 11.3 Å². The fourth-order valence-electron chi connectivity index (χ4n) is 2.12. The monoisotopic (exact) mass is 263 g/mol. The Morgan fingerprint density at radius 2 is 1.95 bits per heavy atom. The number of hydrogen-bond acceptors (Lipinski definition) is 2. The maximum Gasteiger partial charge on any atom is 0.216 e. The molecule has 106 valence electrons. The number of carbonyl (C=O) groups is 1. The molecule has 1 aromatic carbocycles. The standard InChI is InChI=1S/C16H25NO2/c1-11-9-15(19-6)14(16(3,4)5)10-13(11)7-8-17-12(2)18/h9-10H,7-8H2,1-6H3,(H,17,18). The normalized spacial score (nSPS) is 11.3. The summed E-state index contributed by atoms with van der Waals surface area (Å²) in [6.45, 7) is 10.8. The van der Waals surface area contributed by atoms with Crippen LogP contribution in [0, 0.1) is 6.92 Å². The van der Waals surface area contributed by atoms with Crippen molar-refractivity contribution in [3.05, 3.63) is 28.8 Å². The highest BCUT2D eigenvalue weighted by Crippen LogP contribution is 2.33. The van der Waals surface area contributed by atoms with E-state index < -0.39 is 0 Å². The highest BCUT2D eigenvalue weighted by molar-refractivity contribution is 5.72. The number of ether oxygens (including phenoxy) is 1. The Labute approximate surface area is 116 Å². The predicted octanol–water partition coefficient (Wildman–Crippen LogP) is 2.98. The van der Waals surface area contributed by atoms with Crippen LogP contribution in [0.15, 0.2) is 12.1 Å². The number of aryl methyl sites for hydroxylation is 1. The highest BCUT2D eigenvalue weighted by atomic mass is 16.5. The van der Waals surface area contributed by atoms with Crippen LogP contribution in [-0.2, 0) is 16.6 Å². The highest BCUT2D eigenvalue weighted by Gasteiger charge is 2.20. The summed E-state index contributed by atoms with van der Waals surface area (Å²) in [5, 5.41) is 2.84. The van der Waals surface area contributed by atoms with Gasteiger partial charge in [0.2, 0.25) is 5.91 Å². The van der Waals surface area contributed by atoms with E-state index in [1.54, 1.807) is 14.0 Å². The van der Waals surface area contributed by atoms with Crippen molar-refractivity contribution in [2.75, 3.05) is 13.7 Å². The predicted molar refractivity (Wildman–Crippen MR) is 78.8 cm³/mol. The molecule has 0 aromatic heterocycles. The summed E-state index contributed by atoms with van der Waals surface area (Å²) in [6.07, 6.45) is 0.846. The molecule has 1 aromatic rings. The molecule has 0 spiro atoms. The van der Waals surface area contributed by atoms with Crippen molar-refractivity contribution in [1.29, 1.82) is 0 Å². The molecule has 0 unspecified atom stereocenters. The largest absolute Gasteiger partial charge is 0.496 e. The van der Waals surface area contributed by atoms with E-state index in [0.29, 0.717) is 6.54 Å². The summed E-state index contributed by atoms with van der Waals surface area (Å²) in [6, 6.07) is 4.29. The minimum absolute atomic E-state index is 0.0159. The molecule has 1 rings (SSSR count). The van der Waals surface area contributed by atoms with Gasteiger partial charge in [-0.25, -0.2) is 0 Å². The number of hydrogen-bond donors (Lipinski definition) is 1. The van der Waals surface area contributed by atoms with E-state index in [1.807, 2.05) is 0 Å². The Morgan fingerprint density at radius 3 is 2.42 bits per heavy atom. The summed E-state index contributed by atoms with van der Waals surface area (Å²) >= 11 is 0. The van der Waals surface area contributed by atoms with Crippen LogP contribution >= 0.6 is 0 Å². The second kappa shape index (κ2) is 6.09. The molecule has 0 aliphatic heterocycles. The molecular weight excluding hydrogens is 238 g/mol. The van der Waals surface area contributed by atoms with Gasteiger partial charge in [-0.2, -0.15) is 0 Å². The molecule has 1 amide bonds. The Morgan fingerprint density at radius 1 is 1.32 bits per heavy atom. The zero-order chi connectivity index (χ0) is 14.6. The Hall–Kier alpha value is -1.51. The van der Waals surface area contributed by atoms with Crippen LogP contribution in [0.25, 0.3) is 0 Å². The van der Waals surface area contributed by atoms with E-state index in [4.69, 9.17) is 4.74 Å². The molecule has 19 heavy (non-hydrogen) atoms. The third kappa shape index (κ3) is 4.27. The van der Waals surface area contributed by atoms with Gasteiger partial charge >= 0.3 is 0 Å². The van der Waals surface area contributed by atoms with Gasteiger partial charge in [-0.3, -0.25) is 4.79 Å². The quantitative estimate of drug-likeness (QED) is 0.907. The SMILES string of the molecule is COc1cc(C)c(CCNC(C)=O)cc1C(C)(C)C. The molecule has 3 heteroatoms. The van der Waals surface area contributed by atoms with Crippen molar-refractivity contribution in [1.82, 2.24) is 5.32 Å². The second-order valence-electron chi connectivity index (χ2n) is 5.96. The third-order valence-corrected chi connectivity index (χ3v) is 3.23. The van der Waals surface area contributed by atoms with Gasteiger partial charge in [0.25, 0.3) is 0 Å². The minimum Gasteiger partial charge on any atom is -0.496 e. The molecule has 0 aliphatic rings. The Balaban J connectivity index is 3.03. The molecule has 0 atom stereocenters. The first kappa shape index (κ1) is 15.5. The topological polar surface area (TPSA) is 38.3 Å². The van der Waals surface area contributed by atoms with Crippen LogP contribution in [0.3, 0.4) is 0 Å². The average Bonchev–Trinajstić information content (AvgIpc) is 2.28. The van der Waals surface area contributed by atoms with Crippen LogP contribution in [0.4, 0.5) is 0 Å². The van der Waals surface area contributed by atoms with E-state index in [9.17, 15) is 4.79 Å². The molecular formula is C16H25NO2. The summed E-state index contributed by atoms with van der Waals surface area (Å²) in [5.41, 5.74) is 3.72. The molecule has 3 nitrogen and oxygen atoms in total. The van der Waals surface area contributed by atoms with E-state index in [1.165, 1.54) is 16.7 Å². The van der Waals surface area contributed by atoms with Crippen LogP contribution < -0.4 is 10.1 Å². The summed E-state index contributed by atoms with van der Waals surface area (Å²) in [5.74, 6) is 0.954.